The van der Waals surface area contributed by atoms with Crippen LogP contribution in [-0.2, 0) is 12.7 Å². The van der Waals surface area contributed by atoms with Crippen LogP contribution in [0.3, 0.4) is 0 Å². The summed E-state index contributed by atoms with van der Waals surface area (Å²) in [6, 6.07) is 0.108. The summed E-state index contributed by atoms with van der Waals surface area (Å²) in [5.74, 6) is 2.97. The van der Waals surface area contributed by atoms with Crippen molar-refractivity contribution in [1.29, 1.82) is 0 Å². The molecule has 5 fully saturated rings. The quantitative estimate of drug-likeness (QED) is 0.684. The van der Waals surface area contributed by atoms with E-state index in [1.807, 2.05) is 14.7 Å². The molecule has 2 amide bonds. The standard InChI is InChI=1S/C23H28F3N7OS/c1-13-27-17(23(24,25)26)16(35-13)6-31-7-22(8-31)11-33(12-22)20(34)32-9-21(10-32)4-15(5-21)19-28-18(29-30-19)14-2-3-14/h14-15H,2-12H2,1H3,(H,28,29,30). The van der Waals surface area contributed by atoms with E-state index in [0.717, 1.165) is 62.0 Å². The largest absolute Gasteiger partial charge is 0.434 e. The second-order valence-electron chi connectivity index (χ2n) is 11.6. The molecule has 1 N–H and O–H groups in total. The molecule has 0 bridgehead atoms. The summed E-state index contributed by atoms with van der Waals surface area (Å²) >= 11 is 1.12. The maximum atomic E-state index is 13.2. The molecule has 5 aliphatic rings. The third-order valence-corrected chi connectivity index (χ3v) is 9.37. The molecule has 5 heterocycles. The van der Waals surface area contributed by atoms with Crippen LogP contribution in [0.5, 0.6) is 0 Å². The van der Waals surface area contributed by atoms with Gasteiger partial charge in [0.05, 0.1) is 9.88 Å². The van der Waals surface area contributed by atoms with E-state index in [1.165, 1.54) is 12.8 Å². The maximum Gasteiger partial charge on any atom is 0.434 e. The van der Waals surface area contributed by atoms with Crippen LogP contribution in [0, 0.1) is 17.8 Å². The van der Waals surface area contributed by atoms with Crippen LogP contribution < -0.4 is 0 Å². The van der Waals surface area contributed by atoms with Crippen molar-refractivity contribution in [1.82, 2.24) is 34.9 Å². The number of thiazole rings is 1. The van der Waals surface area contributed by atoms with E-state index in [9.17, 15) is 18.0 Å². The lowest BCUT2D eigenvalue weighted by molar-refractivity contribution is -0.143. The van der Waals surface area contributed by atoms with Crippen molar-refractivity contribution in [2.24, 2.45) is 10.8 Å². The number of hydrogen-bond acceptors (Lipinski definition) is 6. The van der Waals surface area contributed by atoms with Gasteiger partial charge >= 0.3 is 12.2 Å². The summed E-state index contributed by atoms with van der Waals surface area (Å²) in [6.07, 6.45) is 0.108. The van der Waals surface area contributed by atoms with Gasteiger partial charge in [-0.3, -0.25) is 10.00 Å². The predicted octanol–water partition coefficient (Wildman–Crippen LogP) is 3.58. The molecule has 2 spiro atoms. The summed E-state index contributed by atoms with van der Waals surface area (Å²) in [5, 5.41) is 7.93. The number of aryl methyl sites for hydroxylation is 1. The molecule has 0 radical (unpaired) electrons. The number of hydrogen-bond donors (Lipinski definition) is 1. The number of aromatic amines is 1. The normalized spacial score (nSPS) is 25.4. The van der Waals surface area contributed by atoms with Crippen molar-refractivity contribution in [2.45, 2.75) is 57.2 Å². The average Bonchev–Trinajstić information content (AvgIpc) is 3.28. The van der Waals surface area contributed by atoms with Crippen molar-refractivity contribution in [3.63, 3.8) is 0 Å². The highest BCUT2D eigenvalue weighted by Crippen LogP contribution is 2.56. The number of rotatable bonds is 4. The second-order valence-corrected chi connectivity index (χ2v) is 12.9. The third kappa shape index (κ3) is 3.66. The molecule has 12 heteroatoms. The first-order valence-corrected chi connectivity index (χ1v) is 13.1. The molecule has 3 saturated heterocycles. The van der Waals surface area contributed by atoms with Crippen LogP contribution in [0.25, 0.3) is 0 Å². The minimum absolute atomic E-state index is 0.0451. The first-order chi connectivity index (χ1) is 16.6. The summed E-state index contributed by atoms with van der Waals surface area (Å²) < 4.78 is 39.6. The van der Waals surface area contributed by atoms with E-state index in [0.29, 0.717) is 29.9 Å². The topological polar surface area (TPSA) is 81.2 Å². The van der Waals surface area contributed by atoms with E-state index in [2.05, 4.69) is 20.2 Å². The molecule has 0 atom stereocenters. The van der Waals surface area contributed by atoms with Gasteiger partial charge in [-0.15, -0.1) is 11.3 Å². The predicted molar refractivity (Wildman–Crippen MR) is 121 cm³/mol. The number of nitrogens with one attached hydrogen (secondary N) is 1. The highest BCUT2D eigenvalue weighted by atomic mass is 32.1. The maximum absolute atomic E-state index is 13.2. The fourth-order valence-electron chi connectivity index (χ4n) is 6.64. The number of carbonyl (C=O) groups is 1. The smallest absolute Gasteiger partial charge is 0.323 e. The lowest BCUT2D eigenvalue weighted by Crippen LogP contribution is -2.75. The molecule has 2 aromatic rings. The van der Waals surface area contributed by atoms with Gasteiger partial charge in [0.25, 0.3) is 0 Å². The van der Waals surface area contributed by atoms with Crippen molar-refractivity contribution in [3.8, 4) is 0 Å². The molecule has 0 unspecified atom stereocenters. The number of H-pyrrole nitrogens is 1. The number of carbonyl (C=O) groups excluding carboxylic acids is 1. The van der Waals surface area contributed by atoms with E-state index in [1.54, 1.807) is 6.92 Å². The first-order valence-electron chi connectivity index (χ1n) is 12.3. The van der Waals surface area contributed by atoms with Crippen molar-refractivity contribution >= 4 is 17.4 Å². The zero-order valence-corrected chi connectivity index (χ0v) is 20.4. The zero-order chi connectivity index (χ0) is 24.2. The second kappa shape index (κ2) is 7.18. The van der Waals surface area contributed by atoms with E-state index < -0.39 is 11.9 Å². The number of urea groups is 1. The third-order valence-electron chi connectivity index (χ3n) is 8.41. The highest BCUT2D eigenvalue weighted by Gasteiger charge is 2.58. The van der Waals surface area contributed by atoms with Crippen LogP contribution >= 0.6 is 11.3 Å². The first kappa shape index (κ1) is 22.0. The summed E-state index contributed by atoms with van der Waals surface area (Å²) in [4.78, 5) is 27.5. The Morgan fingerprint density at radius 3 is 2.31 bits per heavy atom. The fraction of sp³-hybridized carbons (Fsp3) is 0.739. The van der Waals surface area contributed by atoms with Crippen molar-refractivity contribution in [2.75, 3.05) is 39.3 Å². The molecular formula is C23H28F3N7OS. The number of amides is 2. The Balaban J connectivity index is 0.862. The van der Waals surface area contributed by atoms with E-state index >= 15 is 0 Å². The molecule has 2 saturated carbocycles. The van der Waals surface area contributed by atoms with Crippen molar-refractivity contribution < 1.29 is 18.0 Å². The van der Waals surface area contributed by atoms with E-state index in [4.69, 9.17) is 0 Å². The number of nitrogens with zero attached hydrogens (tertiary/aromatic N) is 6. The lowest BCUT2D eigenvalue weighted by Gasteiger charge is -2.63. The van der Waals surface area contributed by atoms with Gasteiger partial charge in [0.15, 0.2) is 11.5 Å². The minimum Gasteiger partial charge on any atom is -0.323 e. The number of likely N-dealkylation sites (tertiary alicyclic amines) is 3. The van der Waals surface area contributed by atoms with Crippen LogP contribution in [0.2, 0.25) is 0 Å². The van der Waals surface area contributed by atoms with Gasteiger partial charge in [-0.25, -0.2) is 14.8 Å². The monoisotopic (exact) mass is 507 g/mol. The minimum atomic E-state index is -4.41. The van der Waals surface area contributed by atoms with Gasteiger partial charge in [-0.1, -0.05) is 0 Å². The number of alkyl halides is 3. The van der Waals surface area contributed by atoms with Gasteiger partial charge in [0.1, 0.15) is 5.82 Å². The SMILES string of the molecule is Cc1nc(C(F)(F)F)c(CN2CC3(C2)CN(C(=O)N2CC4(CC(c5nc(C6CC6)n[nH]5)C4)C2)C3)s1. The number of aromatic nitrogens is 4. The van der Waals surface area contributed by atoms with Gasteiger partial charge in [-0.2, -0.15) is 18.3 Å². The van der Waals surface area contributed by atoms with Crippen LogP contribution in [0.4, 0.5) is 18.0 Å². The molecule has 2 aliphatic carbocycles. The summed E-state index contributed by atoms with van der Waals surface area (Å²) in [7, 11) is 0. The summed E-state index contributed by atoms with van der Waals surface area (Å²) in [5.41, 5.74) is -0.460. The van der Waals surface area contributed by atoms with Gasteiger partial charge in [0, 0.05) is 68.5 Å². The Morgan fingerprint density at radius 2 is 1.69 bits per heavy atom. The van der Waals surface area contributed by atoms with Gasteiger partial charge in [0.2, 0.25) is 0 Å². The molecule has 8 nitrogen and oxygen atoms in total. The summed E-state index contributed by atoms with van der Waals surface area (Å²) in [6.45, 7) is 6.37. The average molecular weight is 508 g/mol. The Morgan fingerprint density at radius 1 is 1.03 bits per heavy atom. The van der Waals surface area contributed by atoms with Crippen LogP contribution in [0.1, 0.15) is 64.7 Å². The molecule has 7 rings (SSSR count). The number of halogens is 3. The van der Waals surface area contributed by atoms with Gasteiger partial charge in [-0.05, 0) is 32.6 Å². The molecule has 3 aliphatic heterocycles. The molecule has 188 valence electrons. The van der Waals surface area contributed by atoms with Crippen LogP contribution in [-0.4, -0.2) is 80.2 Å². The highest BCUT2D eigenvalue weighted by molar-refractivity contribution is 7.11. The Kier molecular flexibility index (Phi) is 4.52. The van der Waals surface area contributed by atoms with E-state index in [-0.39, 0.29) is 28.3 Å². The molecular weight excluding hydrogens is 479 g/mol. The Bertz CT molecular complexity index is 1160. The molecule has 0 aromatic carbocycles. The van der Waals surface area contributed by atoms with Crippen molar-refractivity contribution in [3.05, 3.63) is 27.2 Å². The lowest BCUT2D eigenvalue weighted by atomic mass is 9.57. The van der Waals surface area contributed by atoms with Gasteiger partial charge < -0.3 is 9.80 Å². The molecule has 2 aromatic heterocycles. The zero-order valence-electron chi connectivity index (χ0n) is 19.6. The van der Waals surface area contributed by atoms with Crippen LogP contribution in [0.15, 0.2) is 0 Å². The molecule has 35 heavy (non-hydrogen) atoms. The Labute approximate surface area is 204 Å². The Hall–Kier alpha value is -2.21. The fourth-order valence-corrected chi connectivity index (χ4v) is 7.64.